The second-order valence-electron chi connectivity index (χ2n) is 3.63. The summed E-state index contributed by atoms with van der Waals surface area (Å²) in [4.78, 5) is 15.5. The summed E-state index contributed by atoms with van der Waals surface area (Å²) >= 11 is 1.30. The van der Waals surface area contributed by atoms with Crippen molar-refractivity contribution in [3.05, 3.63) is 34.8 Å². The number of nitrogens with one attached hydrogen (secondary N) is 1. The number of ether oxygens (including phenoxy) is 1. The summed E-state index contributed by atoms with van der Waals surface area (Å²) in [6, 6.07) is 4.05. The molecular formula is C11H9ClN2O4S2. The Balaban J connectivity index is 2.29. The molecule has 9 heteroatoms. The molecule has 0 atom stereocenters. The number of hydrogen-bond acceptors (Lipinski definition) is 6. The molecule has 0 radical (unpaired) electrons. The van der Waals surface area contributed by atoms with E-state index in [2.05, 4.69) is 10.3 Å². The van der Waals surface area contributed by atoms with Crippen molar-refractivity contribution in [1.82, 2.24) is 4.98 Å². The van der Waals surface area contributed by atoms with Crippen LogP contribution in [-0.2, 0) is 9.05 Å². The van der Waals surface area contributed by atoms with Gasteiger partial charge in [0.25, 0.3) is 15.0 Å². The van der Waals surface area contributed by atoms with Gasteiger partial charge in [0.15, 0.2) is 0 Å². The summed E-state index contributed by atoms with van der Waals surface area (Å²) < 4.78 is 27.6. The number of rotatable bonds is 4. The van der Waals surface area contributed by atoms with Crippen molar-refractivity contribution in [3.63, 3.8) is 0 Å². The van der Waals surface area contributed by atoms with Crippen molar-refractivity contribution in [2.24, 2.45) is 0 Å². The highest BCUT2D eigenvalue weighted by molar-refractivity contribution is 8.13. The molecule has 1 amide bonds. The van der Waals surface area contributed by atoms with E-state index in [4.69, 9.17) is 15.4 Å². The predicted octanol–water partition coefficient (Wildman–Crippen LogP) is 2.33. The van der Waals surface area contributed by atoms with Crippen LogP contribution in [0, 0.1) is 0 Å². The summed E-state index contributed by atoms with van der Waals surface area (Å²) in [5, 5.41) is 4.19. The third-order valence-corrected chi connectivity index (χ3v) is 4.30. The van der Waals surface area contributed by atoms with Crippen LogP contribution in [0.5, 0.6) is 5.75 Å². The number of nitrogens with zero attached hydrogens (tertiary/aromatic N) is 1. The quantitative estimate of drug-likeness (QED) is 0.868. The SMILES string of the molecule is COc1cc(NC(=O)c2cscn2)ccc1S(=O)(=O)Cl. The second kappa shape index (κ2) is 5.78. The molecule has 1 heterocycles. The molecule has 0 aliphatic heterocycles. The maximum absolute atomic E-state index is 11.8. The third kappa shape index (κ3) is 3.27. The molecule has 6 nitrogen and oxygen atoms in total. The van der Waals surface area contributed by atoms with Crippen molar-refractivity contribution < 1.29 is 17.9 Å². The van der Waals surface area contributed by atoms with Crippen LogP contribution >= 0.6 is 22.0 Å². The average Bonchev–Trinajstić information content (AvgIpc) is 2.91. The number of methoxy groups -OCH3 is 1. The van der Waals surface area contributed by atoms with Gasteiger partial charge < -0.3 is 10.1 Å². The topological polar surface area (TPSA) is 85.4 Å². The number of carbonyl (C=O) groups is 1. The van der Waals surface area contributed by atoms with Crippen LogP contribution in [0.4, 0.5) is 5.69 Å². The first kappa shape index (κ1) is 14.8. The molecule has 0 bridgehead atoms. The van der Waals surface area contributed by atoms with E-state index in [1.807, 2.05) is 0 Å². The van der Waals surface area contributed by atoms with Gasteiger partial charge in [-0.05, 0) is 12.1 Å². The van der Waals surface area contributed by atoms with Gasteiger partial charge in [0, 0.05) is 27.8 Å². The smallest absolute Gasteiger partial charge is 0.275 e. The van der Waals surface area contributed by atoms with Crippen LogP contribution in [0.25, 0.3) is 0 Å². The fourth-order valence-electron chi connectivity index (χ4n) is 1.47. The van der Waals surface area contributed by atoms with Crippen molar-refractivity contribution in [3.8, 4) is 5.75 Å². The number of amides is 1. The molecule has 2 rings (SSSR count). The summed E-state index contributed by atoms with van der Waals surface area (Å²) in [6.07, 6.45) is 0. The molecule has 1 aromatic heterocycles. The molecule has 106 valence electrons. The van der Waals surface area contributed by atoms with E-state index in [0.717, 1.165) is 0 Å². The van der Waals surface area contributed by atoms with Gasteiger partial charge in [0.1, 0.15) is 16.3 Å². The first-order valence-corrected chi connectivity index (χ1v) is 8.49. The second-order valence-corrected chi connectivity index (χ2v) is 6.88. The van der Waals surface area contributed by atoms with Gasteiger partial charge in [-0.15, -0.1) is 11.3 Å². The minimum absolute atomic E-state index is 0.0519. The minimum atomic E-state index is -3.91. The first-order chi connectivity index (χ1) is 9.41. The maximum Gasteiger partial charge on any atom is 0.275 e. The Labute approximate surface area is 123 Å². The van der Waals surface area contributed by atoms with E-state index in [1.54, 1.807) is 10.9 Å². The van der Waals surface area contributed by atoms with E-state index < -0.39 is 15.0 Å². The Morgan fingerprint density at radius 2 is 2.20 bits per heavy atom. The summed E-state index contributed by atoms with van der Waals surface area (Å²) in [5.41, 5.74) is 2.20. The van der Waals surface area contributed by atoms with Gasteiger partial charge in [-0.2, -0.15) is 0 Å². The highest BCUT2D eigenvalue weighted by atomic mass is 35.7. The van der Waals surface area contributed by atoms with E-state index in [-0.39, 0.29) is 16.3 Å². The molecule has 0 aliphatic rings. The van der Waals surface area contributed by atoms with Crippen molar-refractivity contribution in [1.29, 1.82) is 0 Å². The molecule has 0 fully saturated rings. The molecule has 0 saturated carbocycles. The highest BCUT2D eigenvalue weighted by Gasteiger charge is 2.17. The van der Waals surface area contributed by atoms with Gasteiger partial charge in [0.2, 0.25) is 0 Å². The average molecular weight is 333 g/mol. The van der Waals surface area contributed by atoms with Crippen LogP contribution in [0.3, 0.4) is 0 Å². The van der Waals surface area contributed by atoms with E-state index in [9.17, 15) is 13.2 Å². The minimum Gasteiger partial charge on any atom is -0.495 e. The number of halogens is 1. The number of carbonyl (C=O) groups excluding carboxylic acids is 1. The van der Waals surface area contributed by atoms with Gasteiger partial charge in [-0.25, -0.2) is 13.4 Å². The van der Waals surface area contributed by atoms with Gasteiger partial charge in [-0.1, -0.05) is 0 Å². The fourth-order valence-corrected chi connectivity index (χ4v) is 2.99. The van der Waals surface area contributed by atoms with E-state index >= 15 is 0 Å². The fraction of sp³-hybridized carbons (Fsp3) is 0.0909. The number of thiazole rings is 1. The molecular weight excluding hydrogens is 324 g/mol. The molecule has 1 N–H and O–H groups in total. The number of aromatic nitrogens is 1. The van der Waals surface area contributed by atoms with Crippen molar-refractivity contribution >= 4 is 42.7 Å². The Bertz CT molecular complexity index is 729. The predicted molar refractivity (Wildman–Crippen MR) is 76.1 cm³/mol. The zero-order valence-electron chi connectivity index (χ0n) is 10.2. The Hall–Kier alpha value is -1.64. The van der Waals surface area contributed by atoms with Crippen LogP contribution in [0.2, 0.25) is 0 Å². The molecule has 2 aromatic rings. The lowest BCUT2D eigenvalue weighted by Crippen LogP contribution is -2.12. The Morgan fingerprint density at radius 3 is 2.75 bits per heavy atom. The number of benzene rings is 1. The number of anilines is 1. The molecule has 0 unspecified atom stereocenters. The van der Waals surface area contributed by atoms with Gasteiger partial charge in [-0.3, -0.25) is 4.79 Å². The normalized spacial score (nSPS) is 11.1. The largest absolute Gasteiger partial charge is 0.495 e. The van der Waals surface area contributed by atoms with Crippen LogP contribution < -0.4 is 10.1 Å². The standard InChI is InChI=1S/C11H9ClN2O4S2/c1-18-9-4-7(2-3-10(9)20(12,16)17)14-11(15)8-5-19-6-13-8/h2-6H,1H3,(H,14,15). The summed E-state index contributed by atoms with van der Waals surface area (Å²) in [7, 11) is 2.68. The summed E-state index contributed by atoms with van der Waals surface area (Å²) in [5.74, 6) is -0.342. The number of hydrogen-bond donors (Lipinski definition) is 1. The highest BCUT2D eigenvalue weighted by Crippen LogP contribution is 2.29. The van der Waals surface area contributed by atoms with E-state index in [0.29, 0.717) is 5.69 Å². The van der Waals surface area contributed by atoms with E-state index in [1.165, 1.54) is 36.6 Å². The lowest BCUT2D eigenvalue weighted by Gasteiger charge is -2.09. The van der Waals surface area contributed by atoms with Crippen molar-refractivity contribution in [2.75, 3.05) is 12.4 Å². The zero-order chi connectivity index (χ0) is 14.8. The monoisotopic (exact) mass is 332 g/mol. The first-order valence-electron chi connectivity index (χ1n) is 5.24. The van der Waals surface area contributed by atoms with Crippen LogP contribution in [0.15, 0.2) is 34.0 Å². The lowest BCUT2D eigenvalue weighted by atomic mass is 10.3. The summed E-state index contributed by atoms with van der Waals surface area (Å²) in [6.45, 7) is 0. The zero-order valence-corrected chi connectivity index (χ0v) is 12.6. The van der Waals surface area contributed by atoms with Crippen LogP contribution in [-0.4, -0.2) is 26.4 Å². The van der Waals surface area contributed by atoms with Gasteiger partial charge >= 0.3 is 0 Å². The Morgan fingerprint density at radius 1 is 1.45 bits per heavy atom. The molecule has 0 spiro atoms. The molecule has 1 aromatic carbocycles. The third-order valence-electron chi connectivity index (χ3n) is 2.35. The van der Waals surface area contributed by atoms with Crippen LogP contribution in [0.1, 0.15) is 10.5 Å². The molecule has 20 heavy (non-hydrogen) atoms. The Kier molecular flexibility index (Phi) is 4.26. The molecule has 0 saturated heterocycles. The lowest BCUT2D eigenvalue weighted by molar-refractivity contribution is 0.102. The molecule has 0 aliphatic carbocycles. The maximum atomic E-state index is 11.8. The van der Waals surface area contributed by atoms with Gasteiger partial charge in [0.05, 0.1) is 12.6 Å². The van der Waals surface area contributed by atoms with Crippen molar-refractivity contribution in [2.45, 2.75) is 4.90 Å².